The van der Waals surface area contributed by atoms with E-state index in [0.29, 0.717) is 5.75 Å². The van der Waals surface area contributed by atoms with E-state index in [2.05, 4.69) is 37.0 Å². The molecule has 0 bridgehead atoms. The number of phenols is 1. The van der Waals surface area contributed by atoms with E-state index in [-0.39, 0.29) is 11.5 Å². The van der Waals surface area contributed by atoms with E-state index in [1.165, 1.54) is 5.56 Å². The van der Waals surface area contributed by atoms with E-state index in [1.807, 2.05) is 45.0 Å². The van der Waals surface area contributed by atoms with Gasteiger partial charge in [-0.25, -0.2) is 0 Å². The molecule has 2 rings (SSSR count). The van der Waals surface area contributed by atoms with Crippen LogP contribution in [0.1, 0.15) is 49.9 Å². The fourth-order valence-electron chi connectivity index (χ4n) is 2.61. The molecule has 0 atom stereocenters. The van der Waals surface area contributed by atoms with Gasteiger partial charge < -0.3 is 5.11 Å². The highest BCUT2D eigenvalue weighted by Gasteiger charge is 2.27. The quantitative estimate of drug-likeness (QED) is 0.803. The molecular weight excluding hydrogens is 270 g/mol. The van der Waals surface area contributed by atoms with Crippen molar-refractivity contribution >= 4 is 6.21 Å². The molecule has 0 aliphatic heterocycles. The monoisotopic (exact) mass is 295 g/mol. The lowest BCUT2D eigenvalue weighted by atomic mass is 9.76. The molecule has 0 amide bonds. The molecule has 0 aliphatic carbocycles. The van der Waals surface area contributed by atoms with Gasteiger partial charge in [0.25, 0.3) is 0 Å². The Bertz CT molecular complexity index is 670. The molecule has 0 heterocycles. The minimum atomic E-state index is -0.264. The summed E-state index contributed by atoms with van der Waals surface area (Å²) in [5.41, 5.74) is 3.69. The molecule has 116 valence electrons. The molecule has 1 N–H and O–H groups in total. The number of phenolic OH excluding ortho intramolecular Hbond substituents is 1. The van der Waals surface area contributed by atoms with Crippen LogP contribution in [0.25, 0.3) is 0 Å². The smallest absolute Gasteiger partial charge is 0.128 e. The molecule has 2 nitrogen and oxygen atoms in total. The van der Waals surface area contributed by atoms with Crippen LogP contribution < -0.4 is 0 Å². The maximum atomic E-state index is 10.8. The van der Waals surface area contributed by atoms with Gasteiger partial charge in [-0.1, -0.05) is 56.3 Å². The molecule has 0 aliphatic rings. The van der Waals surface area contributed by atoms with Crippen LogP contribution in [0.4, 0.5) is 0 Å². The highest BCUT2D eigenvalue weighted by atomic mass is 16.3. The van der Waals surface area contributed by atoms with E-state index in [1.54, 1.807) is 6.21 Å². The largest absolute Gasteiger partial charge is 0.507 e. The van der Waals surface area contributed by atoms with E-state index < -0.39 is 0 Å². The molecule has 2 heteroatoms. The van der Waals surface area contributed by atoms with Crippen LogP contribution in [0.15, 0.2) is 47.5 Å². The molecule has 0 spiro atoms. The van der Waals surface area contributed by atoms with Crippen molar-refractivity contribution in [2.45, 2.75) is 46.1 Å². The number of aromatic hydroxyl groups is 1. The molecule has 0 unspecified atom stereocenters. The fraction of sp³-hybridized carbons (Fsp3) is 0.350. The molecule has 0 aromatic heterocycles. The summed E-state index contributed by atoms with van der Waals surface area (Å²) in [5, 5.41) is 10.8. The number of nitrogens with zero attached hydrogens (tertiary/aromatic N) is 1. The third kappa shape index (κ3) is 3.22. The third-order valence-corrected chi connectivity index (χ3v) is 4.11. The second-order valence-electron chi connectivity index (χ2n) is 6.56. The van der Waals surface area contributed by atoms with Gasteiger partial charge in [-0.2, -0.15) is 0 Å². The lowest BCUT2D eigenvalue weighted by molar-refractivity contribution is 0.452. The number of aliphatic imine (C=N–C) groups is 1. The summed E-state index contributed by atoms with van der Waals surface area (Å²) in [6, 6.07) is 14.6. The number of hydrogen-bond donors (Lipinski definition) is 1. The highest BCUT2D eigenvalue weighted by molar-refractivity contribution is 5.86. The first-order valence-corrected chi connectivity index (χ1v) is 7.75. The van der Waals surface area contributed by atoms with E-state index >= 15 is 0 Å². The van der Waals surface area contributed by atoms with Crippen LogP contribution >= 0.6 is 0 Å². The zero-order chi connectivity index (χ0) is 16.3. The first kappa shape index (κ1) is 16.3. The van der Waals surface area contributed by atoms with E-state index in [9.17, 15) is 5.11 Å². The van der Waals surface area contributed by atoms with Crippen molar-refractivity contribution in [2.24, 2.45) is 4.99 Å². The fourth-order valence-corrected chi connectivity index (χ4v) is 2.61. The molecule has 0 radical (unpaired) electrons. The summed E-state index contributed by atoms with van der Waals surface area (Å²) in [7, 11) is 0. The van der Waals surface area contributed by atoms with Crippen LogP contribution in [0, 0.1) is 6.92 Å². The topological polar surface area (TPSA) is 32.6 Å². The number of rotatable bonds is 4. The SMILES string of the molecule is Cc1ccc(C(C)(C)c2ccccc2)c(O)c1C=NC(C)C. The predicted molar refractivity (Wildman–Crippen MR) is 94.1 cm³/mol. The zero-order valence-electron chi connectivity index (χ0n) is 14.1. The molecule has 0 saturated carbocycles. The van der Waals surface area contributed by atoms with Gasteiger partial charge in [-0.3, -0.25) is 4.99 Å². The average molecular weight is 295 g/mol. The average Bonchev–Trinajstić information content (AvgIpc) is 2.47. The standard InChI is InChI=1S/C20H25NO/c1-14(2)21-13-17-15(3)11-12-18(19(17)22)20(4,5)16-9-7-6-8-10-16/h6-14,22H,1-5H3. The van der Waals surface area contributed by atoms with Crippen LogP contribution in [-0.2, 0) is 5.41 Å². The molecule has 0 fully saturated rings. The second kappa shape index (κ2) is 6.35. The minimum absolute atomic E-state index is 0.213. The van der Waals surface area contributed by atoms with Gasteiger partial charge in [0.2, 0.25) is 0 Å². The summed E-state index contributed by atoms with van der Waals surface area (Å²) in [6.45, 7) is 10.3. The molecule has 22 heavy (non-hydrogen) atoms. The Hall–Kier alpha value is -2.09. The molecule has 2 aromatic rings. The Morgan fingerprint density at radius 2 is 1.68 bits per heavy atom. The molecule has 0 saturated heterocycles. The summed E-state index contributed by atoms with van der Waals surface area (Å²) < 4.78 is 0. The first-order valence-electron chi connectivity index (χ1n) is 7.75. The van der Waals surface area contributed by atoms with Crippen molar-refractivity contribution in [3.05, 3.63) is 64.7 Å². The van der Waals surface area contributed by atoms with Crippen molar-refractivity contribution in [1.82, 2.24) is 0 Å². The lowest BCUT2D eigenvalue weighted by Crippen LogP contribution is -2.19. The van der Waals surface area contributed by atoms with E-state index in [0.717, 1.165) is 16.7 Å². The highest BCUT2D eigenvalue weighted by Crippen LogP contribution is 2.38. The van der Waals surface area contributed by atoms with Crippen molar-refractivity contribution in [3.63, 3.8) is 0 Å². The first-order chi connectivity index (χ1) is 10.3. The van der Waals surface area contributed by atoms with Gasteiger partial charge in [-0.05, 0) is 31.9 Å². The Labute approximate surface area is 133 Å². The third-order valence-electron chi connectivity index (χ3n) is 4.11. The van der Waals surface area contributed by atoms with Gasteiger partial charge in [-0.15, -0.1) is 0 Å². The predicted octanol–water partition coefficient (Wildman–Crippen LogP) is 4.85. The second-order valence-corrected chi connectivity index (χ2v) is 6.56. The maximum Gasteiger partial charge on any atom is 0.128 e. The lowest BCUT2D eigenvalue weighted by Gasteiger charge is -2.28. The van der Waals surface area contributed by atoms with Gasteiger partial charge in [0.1, 0.15) is 5.75 Å². The van der Waals surface area contributed by atoms with Gasteiger partial charge in [0.05, 0.1) is 0 Å². The van der Waals surface area contributed by atoms with Crippen molar-refractivity contribution < 1.29 is 5.11 Å². The summed E-state index contributed by atoms with van der Waals surface area (Å²) in [5.74, 6) is 0.332. The van der Waals surface area contributed by atoms with Crippen LogP contribution in [0.3, 0.4) is 0 Å². The van der Waals surface area contributed by atoms with Crippen molar-refractivity contribution in [3.8, 4) is 5.75 Å². The number of benzene rings is 2. The van der Waals surface area contributed by atoms with E-state index in [4.69, 9.17) is 0 Å². The number of hydrogen-bond acceptors (Lipinski definition) is 2. The summed E-state index contributed by atoms with van der Waals surface area (Å²) in [4.78, 5) is 4.43. The Morgan fingerprint density at radius 3 is 2.27 bits per heavy atom. The minimum Gasteiger partial charge on any atom is -0.507 e. The normalized spacial score (nSPS) is 12.3. The van der Waals surface area contributed by atoms with Crippen molar-refractivity contribution in [1.29, 1.82) is 0 Å². The summed E-state index contributed by atoms with van der Waals surface area (Å²) >= 11 is 0. The molecule has 2 aromatic carbocycles. The Balaban J connectivity index is 2.55. The van der Waals surface area contributed by atoms with Crippen molar-refractivity contribution in [2.75, 3.05) is 0 Å². The van der Waals surface area contributed by atoms with Crippen LogP contribution in [0.2, 0.25) is 0 Å². The van der Waals surface area contributed by atoms with Gasteiger partial charge in [0.15, 0.2) is 0 Å². The Kier molecular flexibility index (Phi) is 4.70. The summed E-state index contributed by atoms with van der Waals surface area (Å²) in [6.07, 6.45) is 1.79. The Morgan fingerprint density at radius 1 is 1.05 bits per heavy atom. The number of aryl methyl sites for hydroxylation is 1. The zero-order valence-corrected chi connectivity index (χ0v) is 14.1. The maximum absolute atomic E-state index is 10.8. The van der Waals surface area contributed by atoms with Crippen LogP contribution in [0.5, 0.6) is 5.75 Å². The van der Waals surface area contributed by atoms with Gasteiger partial charge >= 0.3 is 0 Å². The van der Waals surface area contributed by atoms with Crippen LogP contribution in [-0.4, -0.2) is 17.4 Å². The van der Waals surface area contributed by atoms with Gasteiger partial charge in [0, 0.05) is 28.8 Å². The molecular formula is C20H25NO.